The van der Waals surface area contributed by atoms with Gasteiger partial charge in [0.15, 0.2) is 15.5 Å². The zero-order chi connectivity index (χ0) is 26.5. The molecule has 0 amide bonds. The Morgan fingerprint density at radius 1 is 1.06 bits per heavy atom. The molecule has 0 N–H and O–H groups in total. The first-order valence-corrected chi connectivity index (χ1v) is 13.1. The van der Waals surface area contributed by atoms with Crippen LogP contribution in [0.1, 0.15) is 30.2 Å². The van der Waals surface area contributed by atoms with Gasteiger partial charge in [-0.1, -0.05) is 68.1 Å². The second-order valence-corrected chi connectivity index (χ2v) is 10.2. The molecule has 0 bridgehead atoms. The van der Waals surface area contributed by atoms with Crippen LogP contribution in [0.3, 0.4) is 0 Å². The predicted molar refractivity (Wildman–Crippen MR) is 134 cm³/mol. The average molecular weight is 519 g/mol. The number of sulfone groups is 1. The smallest absolute Gasteiger partial charge is 0.259 e. The summed E-state index contributed by atoms with van der Waals surface area (Å²) in [4.78, 5) is 0.0327. The van der Waals surface area contributed by atoms with E-state index in [2.05, 4.69) is 11.7 Å². The Hall–Kier alpha value is -3.46. The zero-order valence-corrected chi connectivity index (χ0v) is 20.7. The van der Waals surface area contributed by atoms with Crippen LogP contribution in [0.25, 0.3) is 16.8 Å². The molecule has 0 fully saturated rings. The molecule has 0 radical (unpaired) electrons. The molecule has 0 saturated heterocycles. The van der Waals surface area contributed by atoms with Crippen LogP contribution in [0.15, 0.2) is 90.1 Å². The molecule has 2 aromatic carbocycles. The summed E-state index contributed by atoms with van der Waals surface area (Å²) >= 11 is 0. The van der Waals surface area contributed by atoms with Gasteiger partial charge < -0.3 is 0 Å². The Morgan fingerprint density at radius 3 is 2.22 bits per heavy atom. The fourth-order valence-electron chi connectivity index (χ4n) is 3.78. The summed E-state index contributed by atoms with van der Waals surface area (Å²) in [6, 6.07) is 14.6. The number of aryl methyl sites for hydroxylation is 2. The number of alkyl halides is 3. The fraction of sp³-hybridized carbons (Fsp3) is 0.222. The molecule has 4 nitrogen and oxygen atoms in total. The third-order valence-electron chi connectivity index (χ3n) is 5.39. The number of rotatable bonds is 9. The minimum absolute atomic E-state index is 0.0178. The van der Waals surface area contributed by atoms with E-state index >= 15 is 0 Å². The van der Waals surface area contributed by atoms with E-state index in [1.54, 1.807) is 25.1 Å². The predicted octanol–water partition coefficient (Wildman–Crippen LogP) is 7.05. The molecule has 9 heteroatoms. The Bertz CT molecular complexity index is 1390. The van der Waals surface area contributed by atoms with Crippen LogP contribution < -0.4 is 0 Å². The SMILES string of the molecule is C=C(F)/C=C\C(=C/CC)c1c(-c2ccc(S(C)(=O)=O)cc2)nn(CCc2ccccc2)c1C(F)(F)F. The van der Waals surface area contributed by atoms with Crippen LogP contribution in [0.2, 0.25) is 0 Å². The van der Waals surface area contributed by atoms with Gasteiger partial charge in [-0.15, -0.1) is 0 Å². The van der Waals surface area contributed by atoms with E-state index in [0.717, 1.165) is 22.6 Å². The number of benzene rings is 2. The van der Waals surface area contributed by atoms with Crippen molar-refractivity contribution in [1.29, 1.82) is 0 Å². The third-order valence-corrected chi connectivity index (χ3v) is 6.52. The van der Waals surface area contributed by atoms with Crippen LogP contribution in [0.4, 0.5) is 17.6 Å². The maximum atomic E-state index is 14.5. The van der Waals surface area contributed by atoms with Crippen LogP contribution in [0, 0.1) is 0 Å². The highest BCUT2D eigenvalue weighted by atomic mass is 32.2. The molecule has 1 heterocycles. The van der Waals surface area contributed by atoms with Crippen LogP contribution in [-0.2, 0) is 29.0 Å². The lowest BCUT2D eigenvalue weighted by Crippen LogP contribution is -2.17. The highest BCUT2D eigenvalue weighted by molar-refractivity contribution is 7.90. The van der Waals surface area contributed by atoms with Gasteiger partial charge in [-0.2, -0.15) is 18.3 Å². The molecule has 3 rings (SSSR count). The summed E-state index contributed by atoms with van der Waals surface area (Å²) in [7, 11) is -3.50. The number of aromatic nitrogens is 2. The van der Waals surface area contributed by atoms with Gasteiger partial charge in [0.25, 0.3) is 0 Å². The Balaban J connectivity index is 2.26. The van der Waals surface area contributed by atoms with Crippen molar-refractivity contribution in [2.24, 2.45) is 0 Å². The van der Waals surface area contributed by atoms with Gasteiger partial charge in [0.1, 0.15) is 11.5 Å². The van der Waals surface area contributed by atoms with E-state index in [1.165, 1.54) is 30.3 Å². The number of allylic oxidation sites excluding steroid dienone is 5. The van der Waals surface area contributed by atoms with Gasteiger partial charge in [0, 0.05) is 23.9 Å². The number of nitrogens with zero attached hydrogens (tertiary/aromatic N) is 2. The van der Waals surface area contributed by atoms with Crippen molar-refractivity contribution in [3.8, 4) is 11.3 Å². The zero-order valence-electron chi connectivity index (χ0n) is 19.9. The second kappa shape index (κ2) is 11.1. The first-order valence-electron chi connectivity index (χ1n) is 11.2. The third kappa shape index (κ3) is 6.60. The minimum Gasteiger partial charge on any atom is -0.259 e. The number of hydrogen-bond donors (Lipinski definition) is 0. The number of hydrogen-bond acceptors (Lipinski definition) is 3. The summed E-state index contributed by atoms with van der Waals surface area (Å²) in [5.41, 5.74) is 0.132. The molecular weight excluding hydrogens is 492 g/mol. The first-order chi connectivity index (χ1) is 16.9. The highest BCUT2D eigenvalue weighted by Crippen LogP contribution is 2.41. The van der Waals surface area contributed by atoms with Crippen molar-refractivity contribution in [1.82, 2.24) is 9.78 Å². The Labute approximate surface area is 208 Å². The Kier molecular flexibility index (Phi) is 8.35. The molecule has 0 saturated carbocycles. The lowest BCUT2D eigenvalue weighted by molar-refractivity contribution is -0.144. The normalized spacial score (nSPS) is 12.9. The van der Waals surface area contributed by atoms with E-state index in [-0.39, 0.29) is 28.3 Å². The lowest BCUT2D eigenvalue weighted by Gasteiger charge is -2.14. The van der Waals surface area contributed by atoms with Crippen molar-refractivity contribution >= 4 is 15.4 Å². The van der Waals surface area contributed by atoms with E-state index in [0.29, 0.717) is 18.4 Å². The molecule has 190 valence electrons. The molecule has 0 aliphatic rings. The van der Waals surface area contributed by atoms with E-state index in [4.69, 9.17) is 0 Å². The molecule has 0 atom stereocenters. The molecule has 0 unspecified atom stereocenters. The van der Waals surface area contributed by atoms with Crippen molar-refractivity contribution in [3.63, 3.8) is 0 Å². The molecule has 36 heavy (non-hydrogen) atoms. The first kappa shape index (κ1) is 27.1. The maximum Gasteiger partial charge on any atom is 0.433 e. The molecule has 0 spiro atoms. The summed E-state index contributed by atoms with van der Waals surface area (Å²) in [5.74, 6) is -0.805. The molecular formula is C27H26F4N2O2S. The van der Waals surface area contributed by atoms with Crippen LogP contribution in [-0.4, -0.2) is 24.5 Å². The quantitative estimate of drug-likeness (QED) is 0.225. The van der Waals surface area contributed by atoms with Crippen molar-refractivity contribution in [3.05, 3.63) is 102 Å². The molecule has 0 aliphatic carbocycles. The van der Waals surface area contributed by atoms with Crippen molar-refractivity contribution in [2.75, 3.05) is 6.26 Å². The average Bonchev–Trinajstić information content (AvgIpc) is 3.20. The van der Waals surface area contributed by atoms with Crippen LogP contribution >= 0.6 is 0 Å². The Morgan fingerprint density at radius 2 is 1.69 bits per heavy atom. The van der Waals surface area contributed by atoms with E-state index in [9.17, 15) is 26.0 Å². The summed E-state index contributed by atoms with van der Waals surface area (Å²) in [6.45, 7) is 4.86. The molecule has 3 aromatic rings. The maximum absolute atomic E-state index is 14.5. The van der Waals surface area contributed by atoms with Gasteiger partial charge in [-0.25, -0.2) is 12.8 Å². The van der Waals surface area contributed by atoms with Crippen LogP contribution in [0.5, 0.6) is 0 Å². The second-order valence-electron chi connectivity index (χ2n) is 8.17. The lowest BCUT2D eigenvalue weighted by atomic mass is 9.97. The topological polar surface area (TPSA) is 52.0 Å². The summed E-state index contributed by atoms with van der Waals surface area (Å²) in [6.07, 6.45) is 0.773. The van der Waals surface area contributed by atoms with Gasteiger partial charge in [0.2, 0.25) is 0 Å². The fourth-order valence-corrected chi connectivity index (χ4v) is 4.41. The van der Waals surface area contributed by atoms with Gasteiger partial charge in [-0.3, -0.25) is 4.68 Å². The summed E-state index contributed by atoms with van der Waals surface area (Å²) in [5, 5.41) is 4.34. The van der Waals surface area contributed by atoms with Gasteiger partial charge in [0.05, 0.1) is 4.90 Å². The largest absolute Gasteiger partial charge is 0.433 e. The van der Waals surface area contributed by atoms with Gasteiger partial charge >= 0.3 is 6.18 Å². The van der Waals surface area contributed by atoms with Crippen molar-refractivity contribution in [2.45, 2.75) is 37.4 Å². The molecule has 0 aliphatic heterocycles. The van der Waals surface area contributed by atoms with E-state index < -0.39 is 27.5 Å². The highest BCUT2D eigenvalue weighted by Gasteiger charge is 2.40. The summed E-state index contributed by atoms with van der Waals surface area (Å²) < 4.78 is 81.6. The monoisotopic (exact) mass is 518 g/mol. The minimum atomic E-state index is -4.77. The standard InChI is InChI=1S/C27H26F4N2O2S/c1-4-8-21(12-11-19(2)28)24-25(22-13-15-23(16-14-22)36(3,34)35)32-33(26(24)27(29,30)31)18-17-20-9-6-5-7-10-20/h5-16H,2,4,17-18H2,1,3H3/b12-11-,21-8+. The van der Waals surface area contributed by atoms with Gasteiger partial charge in [-0.05, 0) is 42.2 Å². The van der Waals surface area contributed by atoms with E-state index in [1.807, 2.05) is 18.2 Å². The molecule has 1 aromatic heterocycles. The number of halogens is 4. The van der Waals surface area contributed by atoms with Crippen molar-refractivity contribution < 1.29 is 26.0 Å².